The highest BCUT2D eigenvalue weighted by Crippen LogP contribution is 2.20. The Morgan fingerprint density at radius 3 is 2.61 bits per heavy atom. The Morgan fingerprint density at radius 2 is 1.86 bits per heavy atom. The molecule has 1 saturated heterocycles. The second-order valence-corrected chi connectivity index (χ2v) is 6.51. The maximum Gasteiger partial charge on any atom is 0.275 e. The van der Waals surface area contributed by atoms with Gasteiger partial charge in [0.2, 0.25) is 0 Å². The number of benzene rings is 1. The van der Waals surface area contributed by atoms with Gasteiger partial charge in [0, 0.05) is 31.0 Å². The summed E-state index contributed by atoms with van der Waals surface area (Å²) in [7, 11) is 0. The van der Waals surface area contributed by atoms with Gasteiger partial charge in [0.1, 0.15) is 35.7 Å². The average Bonchev–Trinajstić information content (AvgIpc) is 3.42. The molecule has 4 rings (SSSR count). The predicted molar refractivity (Wildman–Crippen MR) is 106 cm³/mol. The van der Waals surface area contributed by atoms with E-state index in [1.54, 1.807) is 35.6 Å². The van der Waals surface area contributed by atoms with E-state index in [9.17, 15) is 4.79 Å². The number of nitrogens with zero attached hydrogens (tertiary/aromatic N) is 5. The highest BCUT2D eigenvalue weighted by Gasteiger charge is 2.15. The minimum atomic E-state index is -0.281. The third-order valence-corrected chi connectivity index (χ3v) is 4.57. The Balaban J connectivity index is 1.46. The van der Waals surface area contributed by atoms with Gasteiger partial charge in [-0.05, 0) is 44.0 Å². The second-order valence-electron chi connectivity index (χ2n) is 6.51. The van der Waals surface area contributed by atoms with Crippen LogP contribution in [0.1, 0.15) is 30.3 Å². The van der Waals surface area contributed by atoms with Crippen molar-refractivity contribution in [1.29, 1.82) is 0 Å². The zero-order valence-corrected chi connectivity index (χ0v) is 15.7. The Hall–Kier alpha value is -3.42. The van der Waals surface area contributed by atoms with E-state index in [0.717, 1.165) is 24.7 Å². The molecule has 0 unspecified atom stereocenters. The average molecular weight is 378 g/mol. The molecule has 144 valence electrons. The van der Waals surface area contributed by atoms with E-state index in [2.05, 4.69) is 25.2 Å². The van der Waals surface area contributed by atoms with Crippen LogP contribution in [0.3, 0.4) is 0 Å². The van der Waals surface area contributed by atoms with Crippen LogP contribution in [0.25, 0.3) is 5.82 Å². The lowest BCUT2D eigenvalue weighted by atomic mass is 10.3. The molecule has 0 spiro atoms. The smallest absolute Gasteiger partial charge is 0.275 e. The molecule has 1 aromatic carbocycles. The van der Waals surface area contributed by atoms with Crippen LogP contribution in [0.15, 0.2) is 49.2 Å². The van der Waals surface area contributed by atoms with Gasteiger partial charge < -0.3 is 15.0 Å². The predicted octanol–water partition coefficient (Wildman–Crippen LogP) is 2.91. The molecule has 0 saturated carbocycles. The number of hydrogen-bond acceptors (Lipinski definition) is 6. The van der Waals surface area contributed by atoms with Crippen molar-refractivity contribution in [2.24, 2.45) is 0 Å². The lowest BCUT2D eigenvalue weighted by Gasteiger charge is -2.16. The van der Waals surface area contributed by atoms with Crippen LogP contribution in [0.4, 0.5) is 11.5 Å². The van der Waals surface area contributed by atoms with Crippen molar-refractivity contribution in [2.75, 3.05) is 29.9 Å². The van der Waals surface area contributed by atoms with Crippen LogP contribution in [0.5, 0.6) is 5.75 Å². The third-order valence-electron chi connectivity index (χ3n) is 4.57. The molecule has 1 amide bonds. The summed E-state index contributed by atoms with van der Waals surface area (Å²) in [5.74, 6) is 2.07. The number of hydrogen-bond donors (Lipinski definition) is 1. The fourth-order valence-corrected chi connectivity index (χ4v) is 3.16. The van der Waals surface area contributed by atoms with Gasteiger partial charge in [0.25, 0.3) is 5.91 Å². The molecule has 0 bridgehead atoms. The molecular weight excluding hydrogens is 356 g/mol. The minimum Gasteiger partial charge on any atom is -0.494 e. The van der Waals surface area contributed by atoms with Gasteiger partial charge in [-0.25, -0.2) is 15.0 Å². The number of carbonyl (C=O) groups excluding carboxylic acids is 1. The zero-order chi connectivity index (χ0) is 19.3. The number of nitrogens with one attached hydrogen (secondary N) is 1. The molecule has 28 heavy (non-hydrogen) atoms. The monoisotopic (exact) mass is 378 g/mol. The molecule has 8 heteroatoms. The van der Waals surface area contributed by atoms with Gasteiger partial charge >= 0.3 is 0 Å². The Labute approximate surface area is 163 Å². The van der Waals surface area contributed by atoms with Crippen LogP contribution < -0.4 is 15.0 Å². The lowest BCUT2D eigenvalue weighted by molar-refractivity contribution is 0.102. The Bertz CT molecular complexity index is 947. The summed E-state index contributed by atoms with van der Waals surface area (Å²) in [5, 5.41) is 2.84. The van der Waals surface area contributed by atoms with Gasteiger partial charge in [0.05, 0.1) is 6.61 Å². The van der Waals surface area contributed by atoms with Crippen LogP contribution >= 0.6 is 0 Å². The molecule has 8 nitrogen and oxygen atoms in total. The van der Waals surface area contributed by atoms with E-state index in [0.29, 0.717) is 23.8 Å². The maximum atomic E-state index is 12.5. The number of carbonyl (C=O) groups is 1. The summed E-state index contributed by atoms with van der Waals surface area (Å²) in [4.78, 5) is 27.6. The van der Waals surface area contributed by atoms with E-state index < -0.39 is 0 Å². The summed E-state index contributed by atoms with van der Waals surface area (Å²) in [5.41, 5.74) is 0.997. The summed E-state index contributed by atoms with van der Waals surface area (Å²) in [6, 6.07) is 9.15. The van der Waals surface area contributed by atoms with E-state index in [4.69, 9.17) is 4.74 Å². The lowest BCUT2D eigenvalue weighted by Crippen LogP contribution is -2.19. The largest absolute Gasteiger partial charge is 0.494 e. The summed E-state index contributed by atoms with van der Waals surface area (Å²) in [6.45, 7) is 4.55. The number of imidazole rings is 1. The van der Waals surface area contributed by atoms with Crippen molar-refractivity contribution in [2.45, 2.75) is 19.8 Å². The fraction of sp³-hybridized carbons (Fsp3) is 0.300. The summed E-state index contributed by atoms with van der Waals surface area (Å²) >= 11 is 0. The van der Waals surface area contributed by atoms with Gasteiger partial charge in [-0.2, -0.15) is 0 Å². The third kappa shape index (κ3) is 3.95. The van der Waals surface area contributed by atoms with Crippen molar-refractivity contribution in [3.63, 3.8) is 0 Å². The molecule has 1 aliphatic rings. The van der Waals surface area contributed by atoms with Crippen molar-refractivity contribution >= 4 is 17.4 Å². The van der Waals surface area contributed by atoms with Gasteiger partial charge in [-0.1, -0.05) is 0 Å². The normalized spacial score (nSPS) is 13.5. The number of amides is 1. The van der Waals surface area contributed by atoms with Gasteiger partial charge in [0.15, 0.2) is 0 Å². The van der Waals surface area contributed by atoms with Gasteiger partial charge in [-0.3, -0.25) is 9.36 Å². The number of rotatable bonds is 6. The molecule has 0 aliphatic carbocycles. The van der Waals surface area contributed by atoms with Crippen molar-refractivity contribution < 1.29 is 9.53 Å². The van der Waals surface area contributed by atoms with E-state index in [1.165, 1.54) is 12.8 Å². The van der Waals surface area contributed by atoms with E-state index >= 15 is 0 Å². The molecule has 0 atom stereocenters. The maximum absolute atomic E-state index is 12.5. The zero-order valence-electron chi connectivity index (χ0n) is 15.7. The number of aromatic nitrogens is 4. The molecule has 0 radical (unpaired) electrons. The number of ether oxygens (including phenoxy) is 1. The van der Waals surface area contributed by atoms with Crippen LogP contribution in [0, 0.1) is 0 Å². The van der Waals surface area contributed by atoms with Crippen LogP contribution in [-0.2, 0) is 0 Å². The van der Waals surface area contributed by atoms with Crippen molar-refractivity contribution in [3.05, 3.63) is 54.9 Å². The van der Waals surface area contributed by atoms with E-state index in [-0.39, 0.29) is 5.91 Å². The van der Waals surface area contributed by atoms with Gasteiger partial charge in [-0.15, -0.1) is 0 Å². The van der Waals surface area contributed by atoms with Crippen molar-refractivity contribution in [3.8, 4) is 11.6 Å². The standard InChI is InChI=1S/C20H22N6O2/c1-2-28-16-7-5-15(6-8-16)24-20(27)17-12-26(14-23-17)19-11-18(21-13-22-19)25-9-3-4-10-25/h5-8,11-14H,2-4,9-10H2,1H3,(H,24,27). The molecule has 1 fully saturated rings. The molecule has 2 aromatic heterocycles. The molecule has 3 heterocycles. The highest BCUT2D eigenvalue weighted by molar-refractivity contribution is 6.02. The quantitative estimate of drug-likeness (QED) is 0.710. The Kier molecular flexibility index (Phi) is 5.18. The Morgan fingerprint density at radius 1 is 1.11 bits per heavy atom. The molecular formula is C20H22N6O2. The molecule has 1 aliphatic heterocycles. The molecule has 3 aromatic rings. The first-order valence-corrected chi connectivity index (χ1v) is 9.38. The number of anilines is 2. The SMILES string of the molecule is CCOc1ccc(NC(=O)c2cn(-c3cc(N4CCCC4)ncn3)cn2)cc1. The fourth-order valence-electron chi connectivity index (χ4n) is 3.16. The highest BCUT2D eigenvalue weighted by atomic mass is 16.5. The van der Waals surface area contributed by atoms with E-state index in [1.807, 2.05) is 25.1 Å². The summed E-state index contributed by atoms with van der Waals surface area (Å²) in [6.07, 6.45) is 7.16. The first kappa shape index (κ1) is 18.0. The van der Waals surface area contributed by atoms with Crippen LogP contribution in [-0.4, -0.2) is 45.1 Å². The second kappa shape index (κ2) is 8.08. The minimum absolute atomic E-state index is 0.281. The summed E-state index contributed by atoms with van der Waals surface area (Å²) < 4.78 is 7.14. The van der Waals surface area contributed by atoms with Crippen molar-refractivity contribution in [1.82, 2.24) is 19.5 Å². The van der Waals surface area contributed by atoms with Crippen LogP contribution in [0.2, 0.25) is 0 Å². The molecule has 1 N–H and O–H groups in total. The topological polar surface area (TPSA) is 85.2 Å². The first-order valence-electron chi connectivity index (χ1n) is 9.38. The first-order chi connectivity index (χ1) is 13.7.